The lowest BCUT2D eigenvalue weighted by Gasteiger charge is -2.24. The maximum atomic E-state index is 13.4. The number of anilines is 1. The van der Waals surface area contributed by atoms with E-state index in [4.69, 9.17) is 0 Å². The number of nitrogens with zero attached hydrogens (tertiary/aromatic N) is 3. The molecule has 188 valence electrons. The molecule has 3 aromatic rings. The van der Waals surface area contributed by atoms with Gasteiger partial charge in [-0.3, -0.25) is 14.7 Å². The number of likely N-dealkylation sites (tertiary alicyclic amines) is 1. The summed E-state index contributed by atoms with van der Waals surface area (Å²) in [7, 11) is 0. The number of aromatic nitrogens is 2. The highest BCUT2D eigenvalue weighted by atomic mass is 19.4. The number of hydrogen-bond acceptors (Lipinski definition) is 4. The Kier molecular flexibility index (Phi) is 6.75. The molecule has 1 aliphatic heterocycles. The molecule has 0 bridgehead atoms. The Balaban J connectivity index is 1.32. The molecule has 1 unspecified atom stereocenters. The summed E-state index contributed by atoms with van der Waals surface area (Å²) in [5.41, 5.74) is 2.48. The van der Waals surface area contributed by atoms with E-state index in [0.29, 0.717) is 48.7 Å². The Morgan fingerprint density at radius 1 is 1.11 bits per heavy atom. The first kappa shape index (κ1) is 24.4. The van der Waals surface area contributed by atoms with Crippen molar-refractivity contribution in [2.24, 2.45) is 0 Å². The molecule has 0 radical (unpaired) electrons. The molecule has 2 atom stereocenters. The number of benzene rings is 1. The molecule has 5 nitrogen and oxygen atoms in total. The van der Waals surface area contributed by atoms with Gasteiger partial charge in [0.1, 0.15) is 12.0 Å². The quantitative estimate of drug-likeness (QED) is 0.454. The average molecular weight is 499 g/mol. The number of amides is 1. The highest BCUT2D eigenvalue weighted by Crippen LogP contribution is 2.35. The van der Waals surface area contributed by atoms with Crippen molar-refractivity contribution in [3.63, 3.8) is 0 Å². The van der Waals surface area contributed by atoms with Crippen LogP contribution in [0.4, 0.5) is 23.4 Å². The zero-order valence-electron chi connectivity index (χ0n) is 19.6. The van der Waals surface area contributed by atoms with Gasteiger partial charge in [-0.2, -0.15) is 13.2 Å². The molecule has 2 aliphatic rings. The fraction of sp³-hybridized carbons (Fsp3) is 0.370. The van der Waals surface area contributed by atoms with Gasteiger partial charge >= 0.3 is 6.18 Å². The number of rotatable bonds is 5. The van der Waals surface area contributed by atoms with Gasteiger partial charge in [-0.1, -0.05) is 24.3 Å². The van der Waals surface area contributed by atoms with E-state index in [1.165, 1.54) is 6.07 Å². The van der Waals surface area contributed by atoms with Crippen molar-refractivity contribution < 1.29 is 22.4 Å². The van der Waals surface area contributed by atoms with Crippen molar-refractivity contribution in [2.75, 3.05) is 18.4 Å². The van der Waals surface area contributed by atoms with Crippen LogP contribution >= 0.6 is 0 Å². The lowest BCUT2D eigenvalue weighted by Crippen LogP contribution is -2.26. The summed E-state index contributed by atoms with van der Waals surface area (Å²) in [5.74, 6) is -0.355. The van der Waals surface area contributed by atoms with Gasteiger partial charge in [0.2, 0.25) is 5.91 Å². The number of pyridine rings is 2. The van der Waals surface area contributed by atoms with Crippen LogP contribution in [0.3, 0.4) is 0 Å². The van der Waals surface area contributed by atoms with Crippen LogP contribution in [0.15, 0.2) is 54.7 Å². The molecule has 2 aromatic heterocycles. The number of nitrogens with one attached hydrogen (secondary N) is 1. The smallest absolute Gasteiger partial charge is 0.310 e. The summed E-state index contributed by atoms with van der Waals surface area (Å²) in [6, 6.07) is 12.2. The molecule has 1 aromatic carbocycles. The van der Waals surface area contributed by atoms with Gasteiger partial charge in [0.15, 0.2) is 0 Å². The summed E-state index contributed by atoms with van der Waals surface area (Å²) < 4.78 is 52.9. The van der Waals surface area contributed by atoms with Crippen LogP contribution in [-0.4, -0.2) is 40.0 Å². The van der Waals surface area contributed by atoms with Crippen LogP contribution in [0, 0.1) is 0 Å². The largest absolute Gasteiger partial charge is 0.416 e. The highest BCUT2D eigenvalue weighted by molar-refractivity contribution is 5.95. The Labute approximate surface area is 206 Å². The minimum Gasteiger partial charge on any atom is -0.310 e. The number of halogens is 4. The predicted molar refractivity (Wildman–Crippen MR) is 128 cm³/mol. The maximum Gasteiger partial charge on any atom is 0.416 e. The van der Waals surface area contributed by atoms with Gasteiger partial charge in [-0.25, -0.2) is 9.37 Å². The average Bonchev–Trinajstić information content (AvgIpc) is 3.28. The molecule has 36 heavy (non-hydrogen) atoms. The third-order valence-corrected chi connectivity index (χ3v) is 6.78. The van der Waals surface area contributed by atoms with Gasteiger partial charge in [0, 0.05) is 31.4 Å². The van der Waals surface area contributed by atoms with Crippen molar-refractivity contribution >= 4 is 11.7 Å². The van der Waals surface area contributed by atoms with Crippen molar-refractivity contribution in [1.82, 2.24) is 14.9 Å². The van der Waals surface area contributed by atoms with E-state index in [2.05, 4.69) is 15.3 Å². The van der Waals surface area contributed by atoms with Crippen LogP contribution in [-0.2, 0) is 23.9 Å². The number of hydrogen-bond donors (Lipinski definition) is 1. The van der Waals surface area contributed by atoms with Crippen LogP contribution in [0.2, 0.25) is 0 Å². The summed E-state index contributed by atoms with van der Waals surface area (Å²) in [4.78, 5) is 24.2. The van der Waals surface area contributed by atoms with Crippen molar-refractivity contribution in [3.8, 4) is 11.3 Å². The second kappa shape index (κ2) is 9.97. The second-order valence-electron chi connectivity index (χ2n) is 9.43. The van der Waals surface area contributed by atoms with Gasteiger partial charge in [-0.15, -0.1) is 0 Å². The van der Waals surface area contributed by atoms with E-state index in [9.17, 15) is 22.4 Å². The lowest BCUT2D eigenvalue weighted by atomic mass is 9.85. The van der Waals surface area contributed by atoms with E-state index >= 15 is 0 Å². The van der Waals surface area contributed by atoms with Gasteiger partial charge in [0.25, 0.3) is 0 Å². The molecular formula is C27H26F4N4O. The normalized spacial score (nSPS) is 20.2. The fourth-order valence-electron chi connectivity index (χ4n) is 4.91. The molecule has 0 saturated carbocycles. The van der Waals surface area contributed by atoms with E-state index in [1.54, 1.807) is 24.4 Å². The van der Waals surface area contributed by atoms with E-state index in [1.807, 2.05) is 17.0 Å². The van der Waals surface area contributed by atoms with Gasteiger partial charge in [-0.05, 0) is 61.1 Å². The molecule has 1 aliphatic carbocycles. The Morgan fingerprint density at radius 2 is 1.97 bits per heavy atom. The monoisotopic (exact) mass is 498 g/mol. The van der Waals surface area contributed by atoms with Crippen LogP contribution in [0.5, 0.6) is 0 Å². The third-order valence-electron chi connectivity index (χ3n) is 6.78. The topological polar surface area (TPSA) is 58.1 Å². The summed E-state index contributed by atoms with van der Waals surface area (Å²) in [6.07, 6.45) is -0.827. The summed E-state index contributed by atoms with van der Waals surface area (Å²) >= 11 is 0. The minimum absolute atomic E-state index is 0.246. The second-order valence-corrected chi connectivity index (χ2v) is 9.43. The van der Waals surface area contributed by atoms with Crippen LogP contribution < -0.4 is 5.32 Å². The number of carbonyl (C=O) groups is 1. The van der Waals surface area contributed by atoms with E-state index < -0.39 is 23.8 Å². The molecule has 1 saturated heterocycles. The number of aryl methyl sites for hydroxylation is 1. The summed E-state index contributed by atoms with van der Waals surface area (Å²) in [5, 5.41) is 2.86. The first-order chi connectivity index (χ1) is 17.3. The van der Waals surface area contributed by atoms with Crippen LogP contribution in [0.25, 0.3) is 11.3 Å². The molecule has 1 fully saturated rings. The molecular weight excluding hydrogens is 472 g/mol. The molecule has 1 N–H and O–H groups in total. The van der Waals surface area contributed by atoms with Gasteiger partial charge in [0.05, 0.1) is 22.9 Å². The third kappa shape index (κ3) is 5.41. The lowest BCUT2D eigenvalue weighted by molar-refractivity contribution is -0.137. The highest BCUT2D eigenvalue weighted by Gasteiger charge is 2.31. The predicted octanol–water partition coefficient (Wildman–Crippen LogP) is 5.76. The van der Waals surface area contributed by atoms with E-state index in [0.717, 1.165) is 42.6 Å². The molecule has 5 rings (SSSR count). The standard InChI is InChI=1S/C27H26F4N4O/c28-21-11-12-35(16-21)15-17-7-10-24(32-14-17)34-26(36)22-6-2-3-18-8-9-23(33-25(18)22)19-4-1-5-20(13-19)27(29,30)31/h1,4-5,7-10,13-14,21-22H,2-3,6,11-12,15-16H2,(H,32,34,36)/t21-,22?/m1/s1. The molecule has 3 heterocycles. The Hall–Kier alpha value is -3.33. The van der Waals surface area contributed by atoms with Crippen LogP contribution in [0.1, 0.15) is 47.6 Å². The van der Waals surface area contributed by atoms with Crippen molar-refractivity contribution in [2.45, 2.75) is 50.5 Å². The SMILES string of the molecule is O=C(Nc1ccc(CN2CC[C@@H](F)C2)cn1)C1CCCc2ccc(-c3cccc(C(F)(F)F)c3)nc21. The summed E-state index contributed by atoms with van der Waals surface area (Å²) in [6.45, 7) is 1.76. The molecule has 9 heteroatoms. The Morgan fingerprint density at radius 3 is 2.69 bits per heavy atom. The zero-order valence-corrected chi connectivity index (χ0v) is 19.6. The first-order valence-electron chi connectivity index (χ1n) is 12.1. The number of fused-ring (bicyclic) bond motifs is 1. The zero-order chi connectivity index (χ0) is 25.3. The Bertz CT molecular complexity index is 1250. The number of alkyl halides is 4. The minimum atomic E-state index is -4.45. The van der Waals surface area contributed by atoms with Gasteiger partial charge < -0.3 is 5.32 Å². The maximum absolute atomic E-state index is 13.4. The first-order valence-corrected chi connectivity index (χ1v) is 12.1. The van der Waals surface area contributed by atoms with Crippen molar-refractivity contribution in [1.29, 1.82) is 0 Å². The van der Waals surface area contributed by atoms with E-state index in [-0.39, 0.29) is 5.91 Å². The van der Waals surface area contributed by atoms with Crippen molar-refractivity contribution in [3.05, 3.63) is 77.1 Å². The molecule has 1 amide bonds. The fourth-order valence-corrected chi connectivity index (χ4v) is 4.91. The molecule has 0 spiro atoms. The number of carbonyl (C=O) groups excluding carboxylic acids is 1.